The van der Waals surface area contributed by atoms with Crippen LogP contribution >= 0.6 is 0 Å². The van der Waals surface area contributed by atoms with Crippen molar-refractivity contribution in [3.8, 4) is 0 Å². The summed E-state index contributed by atoms with van der Waals surface area (Å²) in [5, 5.41) is 3.47. The highest BCUT2D eigenvalue weighted by Crippen LogP contribution is 2.24. The average Bonchev–Trinajstić information content (AvgIpc) is 2.34. The Hall–Kier alpha value is -0.570. The SMILES string of the molecule is CC1CCCN(C(=O)CC2CCCCN2)C1C. The van der Waals surface area contributed by atoms with Gasteiger partial charge in [0.2, 0.25) is 5.91 Å². The monoisotopic (exact) mass is 238 g/mol. The Balaban J connectivity index is 1.85. The molecule has 0 aliphatic carbocycles. The van der Waals surface area contributed by atoms with Crippen LogP contribution in [0, 0.1) is 5.92 Å². The predicted molar refractivity (Wildman–Crippen MR) is 69.8 cm³/mol. The van der Waals surface area contributed by atoms with Crippen LogP contribution in [-0.4, -0.2) is 36.0 Å². The molecule has 3 unspecified atom stereocenters. The highest BCUT2D eigenvalue weighted by atomic mass is 16.2. The van der Waals surface area contributed by atoms with Gasteiger partial charge in [-0.25, -0.2) is 0 Å². The normalized spacial score (nSPS) is 34.7. The molecule has 0 bridgehead atoms. The van der Waals surface area contributed by atoms with E-state index in [1.165, 1.54) is 32.1 Å². The highest BCUT2D eigenvalue weighted by Gasteiger charge is 2.29. The van der Waals surface area contributed by atoms with Gasteiger partial charge in [0.15, 0.2) is 0 Å². The zero-order valence-corrected chi connectivity index (χ0v) is 11.2. The van der Waals surface area contributed by atoms with E-state index in [2.05, 4.69) is 24.1 Å². The largest absolute Gasteiger partial charge is 0.340 e. The molecule has 0 saturated carbocycles. The van der Waals surface area contributed by atoms with Crippen LogP contribution in [0.4, 0.5) is 0 Å². The minimum Gasteiger partial charge on any atom is -0.340 e. The lowest BCUT2D eigenvalue weighted by Crippen LogP contribution is -2.48. The lowest BCUT2D eigenvalue weighted by molar-refractivity contribution is -0.136. The number of hydrogen-bond donors (Lipinski definition) is 1. The Labute approximate surface area is 105 Å². The second kappa shape index (κ2) is 5.85. The molecular weight excluding hydrogens is 212 g/mol. The van der Waals surface area contributed by atoms with Gasteiger partial charge in [-0.05, 0) is 45.1 Å². The Morgan fingerprint density at radius 1 is 1.24 bits per heavy atom. The average molecular weight is 238 g/mol. The minimum atomic E-state index is 0.364. The second-order valence-corrected chi connectivity index (χ2v) is 5.80. The van der Waals surface area contributed by atoms with Gasteiger partial charge < -0.3 is 10.2 Å². The Morgan fingerprint density at radius 3 is 2.76 bits per heavy atom. The molecule has 2 aliphatic rings. The molecule has 0 spiro atoms. The maximum atomic E-state index is 12.3. The summed E-state index contributed by atoms with van der Waals surface area (Å²) in [4.78, 5) is 14.4. The van der Waals surface area contributed by atoms with Crippen LogP contribution in [0.2, 0.25) is 0 Å². The molecule has 2 aliphatic heterocycles. The highest BCUT2D eigenvalue weighted by molar-refractivity contribution is 5.77. The number of carbonyl (C=O) groups excluding carboxylic acids is 1. The summed E-state index contributed by atoms with van der Waals surface area (Å²) in [6.45, 7) is 6.53. The summed E-state index contributed by atoms with van der Waals surface area (Å²) in [5.41, 5.74) is 0. The Bertz CT molecular complexity index is 261. The van der Waals surface area contributed by atoms with E-state index in [0.29, 0.717) is 30.3 Å². The molecule has 2 fully saturated rings. The molecular formula is C14H26N2O. The van der Waals surface area contributed by atoms with E-state index < -0.39 is 0 Å². The summed E-state index contributed by atoms with van der Waals surface area (Å²) in [7, 11) is 0. The van der Waals surface area contributed by atoms with E-state index in [4.69, 9.17) is 0 Å². The fourth-order valence-corrected chi connectivity index (χ4v) is 3.11. The number of amides is 1. The van der Waals surface area contributed by atoms with E-state index in [-0.39, 0.29) is 0 Å². The van der Waals surface area contributed by atoms with E-state index in [0.717, 1.165) is 13.1 Å². The molecule has 2 rings (SSSR count). The summed E-state index contributed by atoms with van der Waals surface area (Å²) in [5.74, 6) is 1.02. The lowest BCUT2D eigenvalue weighted by atomic mass is 9.91. The summed E-state index contributed by atoms with van der Waals surface area (Å²) >= 11 is 0. The topological polar surface area (TPSA) is 32.3 Å². The molecule has 98 valence electrons. The van der Waals surface area contributed by atoms with Gasteiger partial charge in [0.25, 0.3) is 0 Å². The number of rotatable bonds is 2. The van der Waals surface area contributed by atoms with Crippen molar-refractivity contribution in [1.82, 2.24) is 10.2 Å². The van der Waals surface area contributed by atoms with Gasteiger partial charge in [-0.3, -0.25) is 4.79 Å². The quantitative estimate of drug-likeness (QED) is 0.799. The van der Waals surface area contributed by atoms with Crippen molar-refractivity contribution in [1.29, 1.82) is 0 Å². The van der Waals surface area contributed by atoms with Crippen molar-refractivity contribution in [2.75, 3.05) is 13.1 Å². The first-order chi connectivity index (χ1) is 8.18. The molecule has 3 atom stereocenters. The van der Waals surface area contributed by atoms with Crippen molar-refractivity contribution in [3.63, 3.8) is 0 Å². The first-order valence-electron chi connectivity index (χ1n) is 7.21. The lowest BCUT2D eigenvalue weighted by Gasteiger charge is -2.39. The number of nitrogens with one attached hydrogen (secondary N) is 1. The predicted octanol–water partition coefficient (Wildman–Crippen LogP) is 2.17. The third-order valence-electron chi connectivity index (χ3n) is 4.53. The van der Waals surface area contributed by atoms with Crippen LogP contribution in [0.15, 0.2) is 0 Å². The first-order valence-corrected chi connectivity index (χ1v) is 7.21. The second-order valence-electron chi connectivity index (χ2n) is 5.80. The van der Waals surface area contributed by atoms with Gasteiger partial charge in [-0.15, -0.1) is 0 Å². The third-order valence-corrected chi connectivity index (χ3v) is 4.53. The maximum Gasteiger partial charge on any atom is 0.224 e. The standard InChI is InChI=1S/C14H26N2O/c1-11-6-5-9-16(12(11)2)14(17)10-13-7-3-4-8-15-13/h11-13,15H,3-10H2,1-2H3. The van der Waals surface area contributed by atoms with Crippen molar-refractivity contribution < 1.29 is 4.79 Å². The molecule has 0 aromatic carbocycles. The molecule has 0 aromatic rings. The van der Waals surface area contributed by atoms with Crippen LogP contribution in [-0.2, 0) is 4.79 Å². The smallest absolute Gasteiger partial charge is 0.224 e. The molecule has 2 heterocycles. The fraction of sp³-hybridized carbons (Fsp3) is 0.929. The van der Waals surface area contributed by atoms with Crippen LogP contribution in [0.1, 0.15) is 52.4 Å². The van der Waals surface area contributed by atoms with E-state index >= 15 is 0 Å². The summed E-state index contributed by atoms with van der Waals surface area (Å²) in [6.07, 6.45) is 6.86. The molecule has 1 amide bonds. The molecule has 3 heteroatoms. The van der Waals surface area contributed by atoms with Crippen LogP contribution in [0.5, 0.6) is 0 Å². The van der Waals surface area contributed by atoms with Gasteiger partial charge in [0.1, 0.15) is 0 Å². The number of piperidine rings is 2. The van der Waals surface area contributed by atoms with E-state index in [1.54, 1.807) is 0 Å². The zero-order chi connectivity index (χ0) is 12.3. The minimum absolute atomic E-state index is 0.364. The zero-order valence-electron chi connectivity index (χ0n) is 11.2. The first kappa shape index (κ1) is 12.9. The number of nitrogens with zero attached hydrogens (tertiary/aromatic N) is 1. The van der Waals surface area contributed by atoms with Crippen LogP contribution < -0.4 is 5.32 Å². The van der Waals surface area contributed by atoms with Gasteiger partial charge in [-0.1, -0.05) is 13.3 Å². The Morgan fingerprint density at radius 2 is 2.06 bits per heavy atom. The van der Waals surface area contributed by atoms with E-state index in [9.17, 15) is 4.79 Å². The van der Waals surface area contributed by atoms with Crippen molar-refractivity contribution >= 4 is 5.91 Å². The molecule has 2 saturated heterocycles. The van der Waals surface area contributed by atoms with Gasteiger partial charge >= 0.3 is 0 Å². The molecule has 0 radical (unpaired) electrons. The number of likely N-dealkylation sites (tertiary alicyclic amines) is 1. The maximum absolute atomic E-state index is 12.3. The molecule has 1 N–H and O–H groups in total. The molecule has 17 heavy (non-hydrogen) atoms. The van der Waals surface area contributed by atoms with Gasteiger partial charge in [0.05, 0.1) is 0 Å². The van der Waals surface area contributed by atoms with Gasteiger partial charge in [0, 0.05) is 25.0 Å². The van der Waals surface area contributed by atoms with Crippen molar-refractivity contribution in [2.24, 2.45) is 5.92 Å². The number of carbonyl (C=O) groups is 1. The van der Waals surface area contributed by atoms with Crippen molar-refractivity contribution in [3.05, 3.63) is 0 Å². The Kier molecular flexibility index (Phi) is 4.43. The van der Waals surface area contributed by atoms with Crippen molar-refractivity contribution in [2.45, 2.75) is 64.5 Å². The third kappa shape index (κ3) is 3.21. The molecule has 0 aromatic heterocycles. The molecule has 3 nitrogen and oxygen atoms in total. The van der Waals surface area contributed by atoms with E-state index in [1.807, 2.05) is 0 Å². The van der Waals surface area contributed by atoms with Crippen LogP contribution in [0.3, 0.4) is 0 Å². The van der Waals surface area contributed by atoms with Crippen LogP contribution in [0.25, 0.3) is 0 Å². The number of hydrogen-bond acceptors (Lipinski definition) is 2. The fourth-order valence-electron chi connectivity index (χ4n) is 3.11. The summed E-state index contributed by atoms with van der Waals surface area (Å²) < 4.78 is 0. The summed E-state index contributed by atoms with van der Waals surface area (Å²) in [6, 6.07) is 0.862. The van der Waals surface area contributed by atoms with Gasteiger partial charge in [-0.2, -0.15) is 0 Å².